The Labute approximate surface area is 208 Å². The number of sulfonamides is 1. The maximum absolute atomic E-state index is 14.1. The van der Waals surface area contributed by atoms with Crippen molar-refractivity contribution in [2.75, 3.05) is 40.3 Å². The molecule has 2 N–H and O–H groups in total. The van der Waals surface area contributed by atoms with Gasteiger partial charge in [-0.25, -0.2) is 12.8 Å². The maximum atomic E-state index is 14.1. The van der Waals surface area contributed by atoms with Crippen molar-refractivity contribution in [1.82, 2.24) is 0 Å². The van der Waals surface area contributed by atoms with Crippen LogP contribution in [0.25, 0.3) is 12.2 Å². The molecule has 0 saturated carbocycles. The van der Waals surface area contributed by atoms with Crippen LogP contribution in [0.4, 0.5) is 10.1 Å². The van der Waals surface area contributed by atoms with Crippen molar-refractivity contribution in [2.45, 2.75) is 4.90 Å². The van der Waals surface area contributed by atoms with Crippen LogP contribution < -0.4 is 28.4 Å². The summed E-state index contributed by atoms with van der Waals surface area (Å²) in [6, 6.07) is 9.60. The van der Waals surface area contributed by atoms with Gasteiger partial charge >= 0.3 is 0 Å². The van der Waals surface area contributed by atoms with E-state index in [0.717, 1.165) is 6.07 Å². The van der Waals surface area contributed by atoms with Gasteiger partial charge in [0.25, 0.3) is 10.0 Å². The highest BCUT2D eigenvalue weighted by molar-refractivity contribution is 7.92. The number of anilines is 1. The Morgan fingerprint density at radius 2 is 1.28 bits per heavy atom. The molecule has 192 valence electrons. The normalized spacial score (nSPS) is 11.3. The van der Waals surface area contributed by atoms with Crippen molar-refractivity contribution in [1.29, 1.82) is 0 Å². The molecule has 0 aliphatic heterocycles. The minimum atomic E-state index is -4.25. The molecule has 11 heteroatoms. The quantitative estimate of drug-likeness (QED) is 0.297. The van der Waals surface area contributed by atoms with E-state index in [4.69, 9.17) is 23.7 Å². The lowest BCUT2D eigenvalue weighted by molar-refractivity contribution is 0.324. The van der Waals surface area contributed by atoms with E-state index in [2.05, 4.69) is 4.72 Å². The first-order valence-electron chi connectivity index (χ1n) is 10.4. The van der Waals surface area contributed by atoms with Gasteiger partial charge in [-0.2, -0.15) is 0 Å². The summed E-state index contributed by atoms with van der Waals surface area (Å²) in [6.45, 7) is 0. The van der Waals surface area contributed by atoms with Crippen LogP contribution in [-0.4, -0.2) is 49.1 Å². The lowest BCUT2D eigenvalue weighted by Crippen LogP contribution is -2.13. The molecule has 0 heterocycles. The average Bonchev–Trinajstić information content (AvgIpc) is 2.87. The number of phenolic OH excluding ortho intramolecular Hbond substituents is 1. The molecule has 0 saturated heterocycles. The molecule has 3 aromatic carbocycles. The Hall–Kier alpha value is -4.12. The Morgan fingerprint density at radius 3 is 1.78 bits per heavy atom. The van der Waals surface area contributed by atoms with Crippen LogP contribution >= 0.6 is 0 Å². The number of aromatic hydroxyl groups is 1. The number of phenols is 1. The Morgan fingerprint density at radius 1 is 0.750 bits per heavy atom. The van der Waals surface area contributed by atoms with E-state index in [1.165, 1.54) is 59.8 Å². The summed E-state index contributed by atoms with van der Waals surface area (Å²) in [5, 5.41) is 10.5. The second-order valence-corrected chi connectivity index (χ2v) is 9.00. The molecule has 3 rings (SSSR count). The molecule has 0 spiro atoms. The van der Waals surface area contributed by atoms with Crippen LogP contribution in [0, 0.1) is 5.82 Å². The summed E-state index contributed by atoms with van der Waals surface area (Å²) < 4.78 is 68.2. The van der Waals surface area contributed by atoms with Gasteiger partial charge in [0.2, 0.25) is 5.75 Å². The molecule has 0 radical (unpaired) electrons. The largest absolute Gasteiger partial charge is 0.503 e. The number of hydrogen-bond donors (Lipinski definition) is 2. The number of rotatable bonds is 10. The van der Waals surface area contributed by atoms with E-state index in [1.54, 1.807) is 24.3 Å². The van der Waals surface area contributed by atoms with Crippen molar-refractivity contribution in [3.63, 3.8) is 0 Å². The summed E-state index contributed by atoms with van der Waals surface area (Å²) in [5.41, 5.74) is 1.04. The Bertz CT molecular complexity index is 1360. The number of ether oxygens (including phenoxy) is 5. The minimum absolute atomic E-state index is 0.0284. The van der Waals surface area contributed by atoms with E-state index in [-0.39, 0.29) is 22.1 Å². The topological polar surface area (TPSA) is 113 Å². The van der Waals surface area contributed by atoms with Crippen molar-refractivity contribution in [3.05, 3.63) is 59.4 Å². The molecule has 0 amide bonds. The SMILES string of the molecule is COc1ccc(S(=O)(=O)Nc2cc(/C=C\c3cc(OC)c(OC)c(OC)c3)cc(OC)c2O)cc1F. The first-order chi connectivity index (χ1) is 17.2. The first kappa shape index (κ1) is 26.5. The molecule has 0 unspecified atom stereocenters. The predicted octanol–water partition coefficient (Wildman–Crippen LogP) is 4.55. The monoisotopic (exact) mass is 519 g/mol. The van der Waals surface area contributed by atoms with Gasteiger partial charge in [-0.3, -0.25) is 4.72 Å². The molecule has 3 aromatic rings. The van der Waals surface area contributed by atoms with E-state index in [1.807, 2.05) is 0 Å². The second kappa shape index (κ2) is 11.1. The number of benzene rings is 3. The van der Waals surface area contributed by atoms with Crippen LogP contribution in [0.3, 0.4) is 0 Å². The molecule has 0 aromatic heterocycles. The second-order valence-electron chi connectivity index (χ2n) is 7.31. The zero-order valence-corrected chi connectivity index (χ0v) is 21.1. The van der Waals surface area contributed by atoms with Gasteiger partial charge < -0.3 is 28.8 Å². The Balaban J connectivity index is 1.99. The fourth-order valence-corrected chi connectivity index (χ4v) is 4.44. The first-order valence-corrected chi connectivity index (χ1v) is 11.9. The van der Waals surface area contributed by atoms with E-state index < -0.39 is 21.6 Å². The van der Waals surface area contributed by atoms with Crippen LogP contribution in [0.1, 0.15) is 11.1 Å². The third-order valence-electron chi connectivity index (χ3n) is 5.15. The highest BCUT2D eigenvalue weighted by atomic mass is 32.2. The van der Waals surface area contributed by atoms with Gasteiger partial charge in [0.1, 0.15) is 0 Å². The smallest absolute Gasteiger partial charge is 0.262 e. The molecule has 0 atom stereocenters. The zero-order valence-electron chi connectivity index (χ0n) is 20.3. The number of halogens is 1. The third-order valence-corrected chi connectivity index (χ3v) is 6.51. The zero-order chi connectivity index (χ0) is 26.5. The number of methoxy groups -OCH3 is 5. The molecule has 0 aliphatic carbocycles. The van der Waals surface area contributed by atoms with E-state index in [9.17, 15) is 17.9 Å². The molecule has 0 bridgehead atoms. The summed E-state index contributed by atoms with van der Waals surface area (Å²) in [6.07, 6.45) is 3.40. The van der Waals surface area contributed by atoms with E-state index >= 15 is 0 Å². The number of nitrogens with one attached hydrogen (secondary N) is 1. The lowest BCUT2D eigenvalue weighted by atomic mass is 10.1. The standard InChI is InChI=1S/C25H26FNO8S/c1-31-20-9-8-17(14-18(20)26)36(29,30)27-19-10-15(11-21(32-2)24(19)28)6-7-16-12-22(33-3)25(35-5)23(13-16)34-4/h6-14,27-28H,1-5H3/b7-6-. The van der Waals surface area contributed by atoms with Gasteiger partial charge in [0.05, 0.1) is 46.1 Å². The lowest BCUT2D eigenvalue weighted by Gasteiger charge is -2.14. The van der Waals surface area contributed by atoms with Gasteiger partial charge in [-0.05, 0) is 53.6 Å². The molecule has 0 aliphatic rings. The van der Waals surface area contributed by atoms with Crippen LogP contribution in [0.15, 0.2) is 47.4 Å². The summed E-state index contributed by atoms with van der Waals surface area (Å²) in [5.74, 6) is 0.0114. The van der Waals surface area contributed by atoms with Gasteiger partial charge in [0, 0.05) is 0 Å². The van der Waals surface area contributed by atoms with Crippen molar-refractivity contribution >= 4 is 27.9 Å². The number of hydrogen-bond acceptors (Lipinski definition) is 8. The maximum Gasteiger partial charge on any atom is 0.262 e. The molecular weight excluding hydrogens is 493 g/mol. The molecule has 36 heavy (non-hydrogen) atoms. The minimum Gasteiger partial charge on any atom is -0.503 e. The van der Waals surface area contributed by atoms with Crippen molar-refractivity contribution in [2.24, 2.45) is 0 Å². The molecule has 9 nitrogen and oxygen atoms in total. The highest BCUT2D eigenvalue weighted by Gasteiger charge is 2.20. The highest BCUT2D eigenvalue weighted by Crippen LogP contribution is 2.40. The summed E-state index contributed by atoms with van der Waals surface area (Å²) in [7, 11) is 2.86. The third kappa shape index (κ3) is 5.57. The van der Waals surface area contributed by atoms with Gasteiger partial charge in [-0.15, -0.1) is 0 Å². The van der Waals surface area contributed by atoms with Crippen LogP contribution in [-0.2, 0) is 10.0 Å². The molecular formula is C25H26FNO8S. The fraction of sp³-hybridized carbons (Fsp3) is 0.200. The Kier molecular flexibility index (Phi) is 8.15. The van der Waals surface area contributed by atoms with Gasteiger partial charge in [-0.1, -0.05) is 12.2 Å². The average molecular weight is 520 g/mol. The van der Waals surface area contributed by atoms with Crippen molar-refractivity contribution in [3.8, 4) is 34.5 Å². The van der Waals surface area contributed by atoms with E-state index in [0.29, 0.717) is 28.4 Å². The fourth-order valence-electron chi connectivity index (χ4n) is 3.37. The summed E-state index contributed by atoms with van der Waals surface area (Å²) >= 11 is 0. The van der Waals surface area contributed by atoms with Crippen LogP contribution in [0.2, 0.25) is 0 Å². The predicted molar refractivity (Wildman–Crippen MR) is 133 cm³/mol. The van der Waals surface area contributed by atoms with Crippen LogP contribution in [0.5, 0.6) is 34.5 Å². The molecule has 0 fully saturated rings. The summed E-state index contributed by atoms with van der Waals surface area (Å²) in [4.78, 5) is -0.350. The van der Waals surface area contributed by atoms with Gasteiger partial charge in [0.15, 0.2) is 34.6 Å². The van der Waals surface area contributed by atoms with Crippen molar-refractivity contribution < 1.29 is 41.6 Å².